The second kappa shape index (κ2) is 6.67. The number of rotatable bonds is 3. The van der Waals surface area contributed by atoms with Gasteiger partial charge in [0.05, 0.1) is 12.6 Å². The van der Waals surface area contributed by atoms with Crippen molar-refractivity contribution in [3.05, 3.63) is 65.9 Å². The molecule has 2 aliphatic rings. The molecule has 6 nitrogen and oxygen atoms in total. The van der Waals surface area contributed by atoms with Gasteiger partial charge in [0.25, 0.3) is 5.91 Å². The summed E-state index contributed by atoms with van der Waals surface area (Å²) in [5.41, 5.74) is 1.79. The van der Waals surface area contributed by atoms with Crippen LogP contribution >= 0.6 is 0 Å². The molecule has 1 aromatic heterocycles. The Balaban J connectivity index is 1.41. The van der Waals surface area contributed by atoms with Crippen molar-refractivity contribution >= 4 is 5.91 Å². The van der Waals surface area contributed by atoms with E-state index in [1.165, 1.54) is 4.90 Å². The topological polar surface area (TPSA) is 64.8 Å². The summed E-state index contributed by atoms with van der Waals surface area (Å²) in [5.74, 6) is 1.38. The van der Waals surface area contributed by atoms with E-state index in [0.717, 1.165) is 11.1 Å². The molecule has 1 amide bonds. The Hall–Kier alpha value is -3.35. The number of aromatic nitrogens is 1. The minimum absolute atomic E-state index is 0.0462. The Morgan fingerprint density at radius 1 is 1.07 bits per heavy atom. The molecule has 2 aromatic carbocycles. The van der Waals surface area contributed by atoms with Gasteiger partial charge in [-0.3, -0.25) is 4.79 Å². The van der Waals surface area contributed by atoms with Gasteiger partial charge in [0.1, 0.15) is 6.17 Å². The lowest BCUT2D eigenvalue weighted by Crippen LogP contribution is -2.31. The molecule has 0 N–H and O–H groups in total. The van der Waals surface area contributed by atoms with E-state index < -0.39 is 6.17 Å². The highest BCUT2D eigenvalue weighted by Crippen LogP contribution is 2.37. The van der Waals surface area contributed by atoms with Crippen LogP contribution in [0.2, 0.25) is 0 Å². The first kappa shape index (κ1) is 16.8. The van der Waals surface area contributed by atoms with Crippen LogP contribution in [0.5, 0.6) is 11.5 Å². The molecule has 7 heteroatoms. The van der Waals surface area contributed by atoms with Crippen LogP contribution in [0.4, 0.5) is 4.39 Å². The third kappa shape index (κ3) is 2.89. The molecule has 2 atom stereocenters. The van der Waals surface area contributed by atoms with Gasteiger partial charge in [0, 0.05) is 18.1 Å². The maximum absolute atomic E-state index is 14.1. The minimum Gasteiger partial charge on any atom is -0.454 e. The second-order valence-electron chi connectivity index (χ2n) is 6.86. The molecule has 28 heavy (non-hydrogen) atoms. The third-order valence-electron chi connectivity index (χ3n) is 5.08. The van der Waals surface area contributed by atoms with Crippen LogP contribution in [-0.4, -0.2) is 35.5 Å². The number of nitrogens with zero attached hydrogens (tertiary/aromatic N) is 2. The molecule has 0 aliphatic carbocycles. The Kier molecular flexibility index (Phi) is 4.00. The molecule has 0 spiro atoms. The molecule has 142 valence electrons. The number of carbonyl (C=O) groups excluding carboxylic acids is 1. The number of amides is 1. The molecule has 5 rings (SSSR count). The fourth-order valence-corrected chi connectivity index (χ4v) is 3.71. The van der Waals surface area contributed by atoms with Crippen molar-refractivity contribution in [2.45, 2.75) is 18.6 Å². The zero-order valence-corrected chi connectivity index (χ0v) is 14.9. The van der Waals surface area contributed by atoms with Gasteiger partial charge in [-0.2, -0.15) is 0 Å². The Morgan fingerprint density at radius 2 is 1.89 bits per heavy atom. The van der Waals surface area contributed by atoms with Crippen molar-refractivity contribution in [2.75, 3.05) is 13.3 Å². The van der Waals surface area contributed by atoms with Gasteiger partial charge in [-0.15, -0.1) is 0 Å². The van der Waals surface area contributed by atoms with Gasteiger partial charge in [0.15, 0.2) is 23.0 Å². The molecule has 3 heterocycles. The lowest BCUT2D eigenvalue weighted by atomic mass is 10.0. The molecular weight excluding hydrogens is 363 g/mol. The van der Waals surface area contributed by atoms with E-state index in [-0.39, 0.29) is 37.4 Å². The second-order valence-corrected chi connectivity index (χ2v) is 6.86. The number of alkyl halides is 1. The largest absolute Gasteiger partial charge is 0.454 e. The van der Waals surface area contributed by atoms with Crippen molar-refractivity contribution in [1.29, 1.82) is 0 Å². The summed E-state index contributed by atoms with van der Waals surface area (Å²) < 4.78 is 30.2. The van der Waals surface area contributed by atoms with E-state index in [4.69, 9.17) is 14.0 Å². The van der Waals surface area contributed by atoms with E-state index in [9.17, 15) is 9.18 Å². The monoisotopic (exact) mass is 380 g/mol. The standard InChI is InChI=1S/C21H17FN2O4/c22-15-9-17(13-4-2-1-3-5-13)24(11-15)21(25)16-10-19(28-23-16)14-6-7-18-20(8-14)27-12-26-18/h1-8,10,15,17H,9,11-12H2/t15-,17+/m1/s1. The highest BCUT2D eigenvalue weighted by Gasteiger charge is 2.37. The van der Waals surface area contributed by atoms with Gasteiger partial charge in [0.2, 0.25) is 6.79 Å². The minimum atomic E-state index is -1.06. The van der Waals surface area contributed by atoms with E-state index in [0.29, 0.717) is 17.3 Å². The Bertz CT molecular complexity index is 1020. The zero-order chi connectivity index (χ0) is 19.1. The zero-order valence-electron chi connectivity index (χ0n) is 14.9. The number of likely N-dealkylation sites (tertiary alicyclic amines) is 1. The number of benzene rings is 2. The SMILES string of the molecule is O=C(c1cc(-c2ccc3c(c2)OCO3)on1)N1C[C@H](F)C[C@H]1c1ccccc1. The van der Waals surface area contributed by atoms with Crippen LogP contribution < -0.4 is 9.47 Å². The fourth-order valence-electron chi connectivity index (χ4n) is 3.71. The van der Waals surface area contributed by atoms with Crippen LogP contribution in [0.25, 0.3) is 11.3 Å². The molecule has 1 fully saturated rings. The average Bonchev–Trinajstić information content (AvgIpc) is 3.46. The van der Waals surface area contributed by atoms with Gasteiger partial charge in [-0.05, 0) is 23.8 Å². The van der Waals surface area contributed by atoms with Crippen LogP contribution in [0.1, 0.15) is 28.5 Å². The molecule has 1 saturated heterocycles. The molecule has 2 aliphatic heterocycles. The normalized spacial score (nSPS) is 20.5. The number of carbonyl (C=O) groups is 1. The van der Waals surface area contributed by atoms with Gasteiger partial charge >= 0.3 is 0 Å². The summed E-state index contributed by atoms with van der Waals surface area (Å²) >= 11 is 0. The van der Waals surface area contributed by atoms with Crippen molar-refractivity contribution in [3.63, 3.8) is 0 Å². The van der Waals surface area contributed by atoms with E-state index in [1.54, 1.807) is 18.2 Å². The Morgan fingerprint density at radius 3 is 2.75 bits per heavy atom. The first-order valence-corrected chi connectivity index (χ1v) is 9.06. The average molecular weight is 380 g/mol. The first-order chi connectivity index (χ1) is 13.7. The van der Waals surface area contributed by atoms with Crippen LogP contribution in [0, 0.1) is 0 Å². The number of hydrogen-bond donors (Lipinski definition) is 0. The summed E-state index contributed by atoms with van der Waals surface area (Å²) in [5, 5.41) is 3.92. The summed E-state index contributed by atoms with van der Waals surface area (Å²) in [6.07, 6.45) is -0.780. The lowest BCUT2D eigenvalue weighted by Gasteiger charge is -2.23. The molecule has 0 unspecified atom stereocenters. The summed E-state index contributed by atoms with van der Waals surface area (Å²) in [6.45, 7) is 0.226. The molecule has 0 saturated carbocycles. The van der Waals surface area contributed by atoms with Crippen molar-refractivity contribution in [3.8, 4) is 22.8 Å². The first-order valence-electron chi connectivity index (χ1n) is 9.06. The van der Waals surface area contributed by atoms with Crippen molar-refractivity contribution < 1.29 is 23.2 Å². The smallest absolute Gasteiger partial charge is 0.276 e. The van der Waals surface area contributed by atoms with Crippen LogP contribution in [0.3, 0.4) is 0 Å². The maximum Gasteiger partial charge on any atom is 0.276 e. The number of fused-ring (bicyclic) bond motifs is 1. The molecule has 0 bridgehead atoms. The summed E-state index contributed by atoms with van der Waals surface area (Å²) in [6, 6.07) is 16.1. The molecular formula is C21H17FN2O4. The predicted octanol–water partition coefficient (Wildman–Crippen LogP) is 4.00. The number of hydrogen-bond acceptors (Lipinski definition) is 5. The predicted molar refractivity (Wildman–Crippen MR) is 97.8 cm³/mol. The molecule has 3 aromatic rings. The quantitative estimate of drug-likeness (QED) is 0.687. The van der Waals surface area contributed by atoms with Crippen molar-refractivity contribution in [2.24, 2.45) is 0 Å². The Labute approximate surface area is 160 Å². The lowest BCUT2D eigenvalue weighted by molar-refractivity contribution is 0.0718. The summed E-state index contributed by atoms with van der Waals surface area (Å²) in [4.78, 5) is 14.5. The van der Waals surface area contributed by atoms with E-state index in [2.05, 4.69) is 5.16 Å². The summed E-state index contributed by atoms with van der Waals surface area (Å²) in [7, 11) is 0. The number of halogens is 1. The highest BCUT2D eigenvalue weighted by molar-refractivity contribution is 5.93. The maximum atomic E-state index is 14.1. The molecule has 0 radical (unpaired) electrons. The number of ether oxygens (including phenoxy) is 2. The van der Waals surface area contributed by atoms with Crippen molar-refractivity contribution in [1.82, 2.24) is 10.1 Å². The van der Waals surface area contributed by atoms with Gasteiger partial charge in [-0.1, -0.05) is 35.5 Å². The fraction of sp³-hybridized carbons (Fsp3) is 0.238. The van der Waals surface area contributed by atoms with E-state index >= 15 is 0 Å². The van der Waals surface area contributed by atoms with E-state index in [1.807, 2.05) is 36.4 Å². The van der Waals surface area contributed by atoms with Crippen LogP contribution in [0.15, 0.2) is 59.1 Å². The van der Waals surface area contributed by atoms with Crippen LogP contribution in [-0.2, 0) is 0 Å². The van der Waals surface area contributed by atoms with Gasteiger partial charge < -0.3 is 18.9 Å². The third-order valence-corrected chi connectivity index (χ3v) is 5.08. The van der Waals surface area contributed by atoms with Gasteiger partial charge in [-0.25, -0.2) is 4.39 Å². The highest BCUT2D eigenvalue weighted by atomic mass is 19.1.